The van der Waals surface area contributed by atoms with Gasteiger partial charge in [-0.1, -0.05) is 26.7 Å². The van der Waals surface area contributed by atoms with Crippen LogP contribution in [0.4, 0.5) is 0 Å². The zero-order valence-corrected chi connectivity index (χ0v) is 11.6. The second-order valence-corrected chi connectivity index (χ2v) is 5.62. The Morgan fingerprint density at radius 1 is 1.47 bits per heavy atom. The van der Waals surface area contributed by atoms with Crippen molar-refractivity contribution in [2.45, 2.75) is 71.2 Å². The van der Waals surface area contributed by atoms with Gasteiger partial charge in [0.05, 0.1) is 12.2 Å². The van der Waals surface area contributed by atoms with Gasteiger partial charge in [0.25, 0.3) is 0 Å². The molecule has 3 unspecified atom stereocenters. The average molecular weight is 244 g/mol. The standard InChI is InChI=1S/C14H28O3/c1-4-7-12(2)10-14(3,11-15)17-13-8-5-6-9-16-13/h12-13,15H,4-11H2,1-3H3. The molecule has 1 N–H and O–H groups in total. The van der Waals surface area contributed by atoms with Crippen LogP contribution < -0.4 is 0 Å². The summed E-state index contributed by atoms with van der Waals surface area (Å²) in [5, 5.41) is 9.55. The van der Waals surface area contributed by atoms with Gasteiger partial charge in [-0.05, 0) is 38.5 Å². The Hall–Kier alpha value is -0.120. The van der Waals surface area contributed by atoms with Crippen LogP contribution in [0.25, 0.3) is 0 Å². The van der Waals surface area contributed by atoms with Crippen molar-refractivity contribution < 1.29 is 14.6 Å². The second-order valence-electron chi connectivity index (χ2n) is 5.62. The average Bonchev–Trinajstić information content (AvgIpc) is 2.30. The zero-order valence-electron chi connectivity index (χ0n) is 11.6. The van der Waals surface area contributed by atoms with Gasteiger partial charge in [0.15, 0.2) is 6.29 Å². The molecule has 0 aromatic rings. The van der Waals surface area contributed by atoms with Gasteiger partial charge in [0.2, 0.25) is 0 Å². The van der Waals surface area contributed by atoms with Gasteiger partial charge in [-0.2, -0.15) is 0 Å². The van der Waals surface area contributed by atoms with Gasteiger partial charge in [-0.15, -0.1) is 0 Å². The summed E-state index contributed by atoms with van der Waals surface area (Å²) in [6, 6.07) is 0. The molecule has 0 amide bonds. The van der Waals surface area contributed by atoms with Gasteiger partial charge in [0.1, 0.15) is 0 Å². The van der Waals surface area contributed by atoms with Gasteiger partial charge < -0.3 is 14.6 Å². The summed E-state index contributed by atoms with van der Waals surface area (Å²) in [5.41, 5.74) is -0.448. The van der Waals surface area contributed by atoms with E-state index in [1.165, 1.54) is 12.8 Å². The summed E-state index contributed by atoms with van der Waals surface area (Å²) in [6.45, 7) is 7.27. The third-order valence-electron chi connectivity index (χ3n) is 3.45. The molecule has 3 heteroatoms. The Morgan fingerprint density at radius 2 is 2.24 bits per heavy atom. The number of hydrogen-bond donors (Lipinski definition) is 1. The second kappa shape index (κ2) is 7.34. The van der Waals surface area contributed by atoms with Crippen molar-refractivity contribution in [3.8, 4) is 0 Å². The van der Waals surface area contributed by atoms with Crippen molar-refractivity contribution in [3.63, 3.8) is 0 Å². The SMILES string of the molecule is CCCC(C)CC(C)(CO)OC1CCCCO1. The molecule has 1 aliphatic heterocycles. The first-order valence-corrected chi connectivity index (χ1v) is 7.00. The van der Waals surface area contributed by atoms with E-state index in [4.69, 9.17) is 9.47 Å². The Balaban J connectivity index is 2.42. The van der Waals surface area contributed by atoms with Crippen LogP contribution in [0, 0.1) is 5.92 Å². The van der Waals surface area contributed by atoms with Crippen molar-refractivity contribution >= 4 is 0 Å². The van der Waals surface area contributed by atoms with Crippen molar-refractivity contribution in [2.24, 2.45) is 5.92 Å². The summed E-state index contributed by atoms with van der Waals surface area (Å²) in [7, 11) is 0. The molecule has 1 heterocycles. The van der Waals surface area contributed by atoms with Gasteiger partial charge in [-0.25, -0.2) is 0 Å². The highest BCUT2D eigenvalue weighted by molar-refractivity contribution is 4.78. The van der Waals surface area contributed by atoms with Crippen molar-refractivity contribution in [1.29, 1.82) is 0 Å². The topological polar surface area (TPSA) is 38.7 Å². The van der Waals surface area contributed by atoms with Crippen LogP contribution in [-0.4, -0.2) is 30.2 Å². The molecule has 17 heavy (non-hydrogen) atoms. The fourth-order valence-electron chi connectivity index (χ4n) is 2.60. The third-order valence-corrected chi connectivity index (χ3v) is 3.45. The predicted octanol–water partition coefficient (Wildman–Crippen LogP) is 3.11. The summed E-state index contributed by atoms with van der Waals surface area (Å²) in [4.78, 5) is 0. The quantitative estimate of drug-likeness (QED) is 0.748. The first-order chi connectivity index (χ1) is 8.09. The van der Waals surface area contributed by atoms with E-state index in [1.54, 1.807) is 0 Å². The lowest BCUT2D eigenvalue weighted by atomic mass is 9.90. The number of rotatable bonds is 7. The fourth-order valence-corrected chi connectivity index (χ4v) is 2.60. The molecular formula is C14H28O3. The molecule has 1 rings (SSSR count). The van der Waals surface area contributed by atoms with E-state index in [-0.39, 0.29) is 12.9 Å². The number of aliphatic hydroxyl groups excluding tert-OH is 1. The summed E-state index contributed by atoms with van der Waals surface area (Å²) in [5.74, 6) is 0.584. The number of ether oxygens (including phenoxy) is 2. The molecule has 0 aromatic heterocycles. The molecule has 0 spiro atoms. The Bertz CT molecular complexity index is 202. The summed E-state index contributed by atoms with van der Waals surface area (Å²) < 4.78 is 11.6. The van der Waals surface area contributed by atoms with Crippen molar-refractivity contribution in [1.82, 2.24) is 0 Å². The monoisotopic (exact) mass is 244 g/mol. The van der Waals surface area contributed by atoms with E-state index in [0.29, 0.717) is 5.92 Å². The lowest BCUT2D eigenvalue weighted by Crippen LogP contribution is -2.40. The normalized spacial score (nSPS) is 26.5. The molecular weight excluding hydrogens is 216 g/mol. The molecule has 0 saturated carbocycles. The van der Waals surface area contributed by atoms with Gasteiger partial charge in [-0.3, -0.25) is 0 Å². The van der Waals surface area contributed by atoms with Crippen LogP contribution in [0.2, 0.25) is 0 Å². The highest BCUT2D eigenvalue weighted by atomic mass is 16.7. The van der Waals surface area contributed by atoms with E-state index >= 15 is 0 Å². The molecule has 102 valence electrons. The van der Waals surface area contributed by atoms with Crippen LogP contribution in [0.3, 0.4) is 0 Å². The highest BCUT2D eigenvalue weighted by Gasteiger charge is 2.31. The van der Waals surface area contributed by atoms with E-state index in [2.05, 4.69) is 13.8 Å². The number of aliphatic hydroxyl groups is 1. The smallest absolute Gasteiger partial charge is 0.158 e. The van der Waals surface area contributed by atoms with Crippen molar-refractivity contribution in [3.05, 3.63) is 0 Å². The van der Waals surface area contributed by atoms with Gasteiger partial charge in [0, 0.05) is 6.61 Å². The van der Waals surface area contributed by atoms with E-state index in [0.717, 1.165) is 32.3 Å². The molecule has 0 bridgehead atoms. The van der Waals surface area contributed by atoms with Crippen LogP contribution in [-0.2, 0) is 9.47 Å². The first kappa shape index (κ1) is 14.9. The minimum Gasteiger partial charge on any atom is -0.393 e. The maximum atomic E-state index is 9.55. The van der Waals surface area contributed by atoms with E-state index in [9.17, 15) is 5.11 Å². The predicted molar refractivity (Wildman–Crippen MR) is 68.9 cm³/mol. The van der Waals surface area contributed by atoms with E-state index in [1.807, 2.05) is 6.92 Å². The summed E-state index contributed by atoms with van der Waals surface area (Å²) in [6.07, 6.45) is 6.40. The molecule has 3 nitrogen and oxygen atoms in total. The van der Waals surface area contributed by atoms with Crippen molar-refractivity contribution in [2.75, 3.05) is 13.2 Å². The van der Waals surface area contributed by atoms with Crippen LogP contribution in [0.1, 0.15) is 59.3 Å². The Kier molecular flexibility index (Phi) is 6.45. The minimum absolute atomic E-state index is 0.0704. The fraction of sp³-hybridized carbons (Fsp3) is 1.00. The minimum atomic E-state index is -0.448. The molecule has 0 aromatic carbocycles. The molecule has 3 atom stereocenters. The lowest BCUT2D eigenvalue weighted by molar-refractivity contribution is -0.233. The lowest BCUT2D eigenvalue weighted by Gasteiger charge is -2.35. The Labute approximate surface area is 105 Å². The molecule has 0 aliphatic carbocycles. The van der Waals surface area contributed by atoms with Crippen LogP contribution in [0.5, 0.6) is 0 Å². The maximum Gasteiger partial charge on any atom is 0.158 e. The zero-order chi connectivity index (χ0) is 12.7. The maximum absolute atomic E-state index is 9.55. The molecule has 1 aliphatic rings. The highest BCUT2D eigenvalue weighted by Crippen LogP contribution is 2.27. The Morgan fingerprint density at radius 3 is 2.76 bits per heavy atom. The van der Waals surface area contributed by atoms with Gasteiger partial charge >= 0.3 is 0 Å². The molecule has 0 radical (unpaired) electrons. The first-order valence-electron chi connectivity index (χ1n) is 7.00. The van der Waals surface area contributed by atoms with Crippen LogP contribution in [0.15, 0.2) is 0 Å². The summed E-state index contributed by atoms with van der Waals surface area (Å²) >= 11 is 0. The third kappa shape index (κ3) is 5.36. The van der Waals surface area contributed by atoms with E-state index < -0.39 is 5.60 Å². The number of hydrogen-bond acceptors (Lipinski definition) is 3. The van der Waals surface area contributed by atoms with Crippen LogP contribution >= 0.6 is 0 Å². The molecule has 1 fully saturated rings. The molecule has 1 saturated heterocycles. The largest absolute Gasteiger partial charge is 0.393 e.